The van der Waals surface area contributed by atoms with Gasteiger partial charge < -0.3 is 9.88 Å². The number of hydrogen-bond donors (Lipinski definition) is 1. The van der Waals surface area contributed by atoms with Gasteiger partial charge in [-0.25, -0.2) is 13.8 Å². The van der Waals surface area contributed by atoms with E-state index in [4.69, 9.17) is 0 Å². The Hall–Kier alpha value is -1.75. The fourth-order valence-corrected chi connectivity index (χ4v) is 2.16. The van der Waals surface area contributed by atoms with Gasteiger partial charge in [-0.05, 0) is 20.0 Å². The molecule has 5 heteroatoms. The van der Waals surface area contributed by atoms with Crippen LogP contribution in [0.5, 0.6) is 0 Å². The number of aryl methyl sites for hydroxylation is 1. The number of halogens is 2. The maximum Gasteiger partial charge on any atom is 0.163 e. The Morgan fingerprint density at radius 3 is 2.84 bits per heavy atom. The van der Waals surface area contributed by atoms with E-state index in [2.05, 4.69) is 10.3 Å². The summed E-state index contributed by atoms with van der Waals surface area (Å²) in [7, 11) is 1.73. The third-order valence-corrected chi connectivity index (χ3v) is 3.23. The molecule has 0 aliphatic rings. The number of likely N-dealkylation sites (N-methyl/N-ethyl adjacent to an activating group) is 1. The van der Waals surface area contributed by atoms with Crippen LogP contribution in [0.4, 0.5) is 8.78 Å². The van der Waals surface area contributed by atoms with Crippen LogP contribution in [0.3, 0.4) is 0 Å². The highest BCUT2D eigenvalue weighted by Gasteiger charge is 2.18. The summed E-state index contributed by atoms with van der Waals surface area (Å²) in [5.74, 6) is -0.765. The monoisotopic (exact) mass is 265 g/mol. The largest absolute Gasteiger partial charge is 0.335 e. The molecule has 19 heavy (non-hydrogen) atoms. The summed E-state index contributed by atoms with van der Waals surface area (Å²) in [4.78, 5) is 4.26. The number of benzene rings is 1. The van der Waals surface area contributed by atoms with Crippen LogP contribution in [-0.2, 0) is 13.0 Å². The molecule has 2 aromatic rings. The molecule has 1 atom stereocenters. The smallest absolute Gasteiger partial charge is 0.163 e. The third kappa shape index (κ3) is 2.81. The van der Waals surface area contributed by atoms with E-state index in [0.717, 1.165) is 18.4 Å². The number of nitrogens with one attached hydrogen (secondary N) is 1. The maximum atomic E-state index is 13.8. The van der Waals surface area contributed by atoms with Crippen molar-refractivity contribution in [3.8, 4) is 0 Å². The normalized spacial score (nSPS) is 12.6. The van der Waals surface area contributed by atoms with Crippen molar-refractivity contribution in [3.05, 3.63) is 53.6 Å². The number of imidazole rings is 1. The quantitative estimate of drug-likeness (QED) is 0.900. The molecule has 1 aromatic heterocycles. The second-order valence-electron chi connectivity index (χ2n) is 4.32. The average molecular weight is 265 g/mol. The van der Waals surface area contributed by atoms with Gasteiger partial charge >= 0.3 is 0 Å². The van der Waals surface area contributed by atoms with E-state index in [0.29, 0.717) is 12.0 Å². The van der Waals surface area contributed by atoms with Gasteiger partial charge in [0.05, 0.1) is 0 Å². The standard InChI is InChI=1S/C14H17F2N3/c1-3-19-8-7-18-13(19)9-12(17-2)10-5-4-6-11(15)14(10)16/h4-8,12,17H,3,9H2,1-2H3. The SMILES string of the molecule is CCn1ccnc1CC(NC)c1cccc(F)c1F. The van der Waals surface area contributed by atoms with Crippen molar-refractivity contribution >= 4 is 0 Å². The Balaban J connectivity index is 2.28. The van der Waals surface area contributed by atoms with Crippen molar-refractivity contribution < 1.29 is 8.78 Å². The highest BCUT2D eigenvalue weighted by molar-refractivity contribution is 5.23. The van der Waals surface area contributed by atoms with E-state index in [1.807, 2.05) is 17.7 Å². The molecule has 0 saturated heterocycles. The molecule has 0 radical (unpaired) electrons. The highest BCUT2D eigenvalue weighted by atomic mass is 19.2. The molecule has 0 aliphatic carbocycles. The van der Waals surface area contributed by atoms with E-state index in [-0.39, 0.29) is 6.04 Å². The zero-order valence-electron chi connectivity index (χ0n) is 11.0. The molecular weight excluding hydrogens is 248 g/mol. The minimum absolute atomic E-state index is 0.302. The third-order valence-electron chi connectivity index (χ3n) is 3.23. The van der Waals surface area contributed by atoms with Crippen molar-refractivity contribution in [1.29, 1.82) is 0 Å². The first-order valence-corrected chi connectivity index (χ1v) is 6.28. The van der Waals surface area contributed by atoms with Crippen LogP contribution >= 0.6 is 0 Å². The minimum Gasteiger partial charge on any atom is -0.335 e. The van der Waals surface area contributed by atoms with Crippen molar-refractivity contribution in [1.82, 2.24) is 14.9 Å². The van der Waals surface area contributed by atoms with Crippen molar-refractivity contribution in [2.75, 3.05) is 7.05 Å². The molecular formula is C14H17F2N3. The van der Waals surface area contributed by atoms with E-state index in [9.17, 15) is 8.78 Å². The predicted octanol–water partition coefficient (Wildman–Crippen LogP) is 2.68. The van der Waals surface area contributed by atoms with E-state index < -0.39 is 11.6 Å². The Bertz CT molecular complexity index is 551. The molecule has 0 saturated carbocycles. The summed E-state index contributed by atoms with van der Waals surface area (Å²) in [6, 6.07) is 3.94. The second kappa shape index (κ2) is 5.93. The van der Waals surface area contributed by atoms with Gasteiger partial charge in [0, 0.05) is 37.0 Å². The van der Waals surface area contributed by atoms with E-state index in [1.54, 1.807) is 19.3 Å². The van der Waals surface area contributed by atoms with Gasteiger partial charge in [-0.15, -0.1) is 0 Å². The van der Waals surface area contributed by atoms with Gasteiger partial charge in [0.1, 0.15) is 5.82 Å². The zero-order valence-corrected chi connectivity index (χ0v) is 11.0. The summed E-state index contributed by atoms with van der Waals surface area (Å²) in [5.41, 5.74) is 0.327. The van der Waals surface area contributed by atoms with E-state index in [1.165, 1.54) is 6.07 Å². The molecule has 2 rings (SSSR count). The molecule has 1 heterocycles. The van der Waals surface area contributed by atoms with Crippen LogP contribution in [-0.4, -0.2) is 16.6 Å². The van der Waals surface area contributed by atoms with E-state index >= 15 is 0 Å². The maximum absolute atomic E-state index is 13.8. The molecule has 0 amide bonds. The van der Waals surface area contributed by atoms with Crippen LogP contribution in [0.2, 0.25) is 0 Å². The van der Waals surface area contributed by atoms with Gasteiger partial charge in [0.15, 0.2) is 11.6 Å². The Labute approximate surface area is 111 Å². The van der Waals surface area contributed by atoms with Crippen molar-refractivity contribution in [2.45, 2.75) is 25.9 Å². The van der Waals surface area contributed by atoms with Gasteiger partial charge in [-0.3, -0.25) is 0 Å². The minimum atomic E-state index is -0.823. The summed E-state index contributed by atoms with van der Waals surface area (Å²) >= 11 is 0. The van der Waals surface area contributed by atoms with Gasteiger partial charge in [-0.1, -0.05) is 12.1 Å². The molecule has 0 fully saturated rings. The molecule has 1 aromatic carbocycles. The molecule has 1 N–H and O–H groups in total. The fraction of sp³-hybridized carbons (Fsp3) is 0.357. The fourth-order valence-electron chi connectivity index (χ4n) is 2.16. The lowest BCUT2D eigenvalue weighted by molar-refractivity contribution is 0.467. The predicted molar refractivity (Wildman–Crippen MR) is 69.8 cm³/mol. The molecule has 0 spiro atoms. The summed E-state index contributed by atoms with van der Waals surface area (Å²) in [5, 5.41) is 3.02. The Morgan fingerprint density at radius 1 is 1.37 bits per heavy atom. The van der Waals surface area contributed by atoms with Crippen molar-refractivity contribution in [2.24, 2.45) is 0 Å². The first kappa shape index (κ1) is 13.7. The van der Waals surface area contributed by atoms with Gasteiger partial charge in [-0.2, -0.15) is 0 Å². The van der Waals surface area contributed by atoms with Crippen LogP contribution in [0.25, 0.3) is 0 Å². The van der Waals surface area contributed by atoms with Gasteiger partial charge in [0.2, 0.25) is 0 Å². The average Bonchev–Trinajstić information content (AvgIpc) is 2.87. The van der Waals surface area contributed by atoms with Crippen LogP contribution in [0, 0.1) is 11.6 Å². The molecule has 1 unspecified atom stereocenters. The highest BCUT2D eigenvalue weighted by Crippen LogP contribution is 2.22. The topological polar surface area (TPSA) is 29.9 Å². The summed E-state index contributed by atoms with van der Waals surface area (Å²) < 4.78 is 29.1. The number of aromatic nitrogens is 2. The van der Waals surface area contributed by atoms with Crippen molar-refractivity contribution in [3.63, 3.8) is 0 Å². The first-order chi connectivity index (χ1) is 9.17. The molecule has 0 aliphatic heterocycles. The lowest BCUT2D eigenvalue weighted by Gasteiger charge is -2.17. The lowest BCUT2D eigenvalue weighted by atomic mass is 10.0. The summed E-state index contributed by atoms with van der Waals surface area (Å²) in [6.07, 6.45) is 4.11. The van der Waals surface area contributed by atoms with Gasteiger partial charge in [0.25, 0.3) is 0 Å². The van der Waals surface area contributed by atoms with Crippen LogP contribution < -0.4 is 5.32 Å². The number of hydrogen-bond acceptors (Lipinski definition) is 2. The molecule has 0 bridgehead atoms. The molecule has 102 valence electrons. The Kier molecular flexibility index (Phi) is 4.27. The van der Waals surface area contributed by atoms with Crippen LogP contribution in [0.1, 0.15) is 24.4 Å². The zero-order chi connectivity index (χ0) is 13.8. The second-order valence-corrected chi connectivity index (χ2v) is 4.32. The lowest BCUT2D eigenvalue weighted by Crippen LogP contribution is -2.22. The number of nitrogens with zero attached hydrogens (tertiary/aromatic N) is 2. The number of rotatable bonds is 5. The Morgan fingerprint density at radius 2 is 2.16 bits per heavy atom. The first-order valence-electron chi connectivity index (χ1n) is 6.28. The van der Waals surface area contributed by atoms with Crippen LogP contribution in [0.15, 0.2) is 30.6 Å². The summed E-state index contributed by atoms with van der Waals surface area (Å²) in [6.45, 7) is 2.82. The molecule has 3 nitrogen and oxygen atoms in total.